The third-order valence-electron chi connectivity index (χ3n) is 1.94. The minimum atomic E-state index is -4.34. The van der Waals surface area contributed by atoms with E-state index in [1.807, 2.05) is 19.2 Å². The number of rotatable bonds is 6. The lowest BCUT2D eigenvalue weighted by molar-refractivity contribution is -0.186. The van der Waals surface area contributed by atoms with Crippen molar-refractivity contribution < 1.29 is 22.6 Å². The van der Waals surface area contributed by atoms with Crippen molar-refractivity contribution in [2.24, 2.45) is 0 Å². The minimum Gasteiger partial charge on any atom is -0.466 e. The predicted octanol–water partition coefficient (Wildman–Crippen LogP) is 3.08. The zero-order chi connectivity index (χ0) is 13.6. The van der Waals surface area contributed by atoms with Gasteiger partial charge in [-0.3, -0.25) is 0 Å². The van der Waals surface area contributed by atoms with E-state index in [0.717, 1.165) is 5.56 Å². The average Bonchev–Trinajstić information content (AvgIpc) is 2.26. The molecule has 1 aromatic rings. The lowest BCUT2D eigenvalue weighted by Gasteiger charge is -2.11. The molecule has 18 heavy (non-hydrogen) atoms. The first-order valence-electron chi connectivity index (χ1n) is 5.12. The molecule has 0 aliphatic heterocycles. The van der Waals surface area contributed by atoms with Crippen LogP contribution >= 0.6 is 15.9 Å². The van der Waals surface area contributed by atoms with Gasteiger partial charge in [0, 0.05) is 6.54 Å². The van der Waals surface area contributed by atoms with E-state index in [4.69, 9.17) is 4.74 Å². The van der Waals surface area contributed by atoms with E-state index in [1.165, 1.54) is 0 Å². The largest absolute Gasteiger partial charge is 0.466 e. The van der Waals surface area contributed by atoms with Gasteiger partial charge in [-0.25, -0.2) is 0 Å². The number of hydrogen-bond acceptors (Lipinski definition) is 3. The van der Waals surface area contributed by atoms with Crippen molar-refractivity contribution in [2.75, 3.05) is 20.4 Å². The molecule has 7 heteroatoms. The van der Waals surface area contributed by atoms with Gasteiger partial charge in [-0.1, -0.05) is 6.07 Å². The minimum absolute atomic E-state index is 0.441. The molecule has 0 spiro atoms. The number of hydrogen-bond donors (Lipinski definition) is 1. The summed E-state index contributed by atoms with van der Waals surface area (Å²) < 4.78 is 45.5. The van der Waals surface area contributed by atoms with Gasteiger partial charge in [-0.15, -0.1) is 0 Å². The summed E-state index contributed by atoms with van der Waals surface area (Å²) in [5.41, 5.74) is 1.04. The second-order valence-corrected chi connectivity index (χ2v) is 4.38. The standard InChI is InChI=1S/C11H13BrF3NO2/c1-16-5-8-2-3-10(9(12)4-8)18-7-17-6-11(13,14)15/h2-4,16H,5-7H2,1H3. The van der Waals surface area contributed by atoms with E-state index in [1.54, 1.807) is 6.07 Å². The Morgan fingerprint density at radius 3 is 2.61 bits per heavy atom. The molecule has 0 heterocycles. The Kier molecular flexibility index (Phi) is 5.90. The summed E-state index contributed by atoms with van der Waals surface area (Å²) in [7, 11) is 1.82. The molecule has 0 radical (unpaired) electrons. The van der Waals surface area contributed by atoms with Crippen LogP contribution < -0.4 is 10.1 Å². The maximum Gasteiger partial charge on any atom is 0.411 e. The van der Waals surface area contributed by atoms with Crippen LogP contribution in [0.15, 0.2) is 22.7 Å². The number of ether oxygens (including phenoxy) is 2. The molecule has 102 valence electrons. The van der Waals surface area contributed by atoms with Gasteiger partial charge in [0.2, 0.25) is 0 Å². The summed E-state index contributed by atoms with van der Waals surface area (Å²) in [5, 5.41) is 2.99. The van der Waals surface area contributed by atoms with Gasteiger partial charge in [0.1, 0.15) is 12.4 Å². The van der Waals surface area contributed by atoms with Crippen molar-refractivity contribution in [1.29, 1.82) is 0 Å². The molecule has 0 atom stereocenters. The fraction of sp³-hybridized carbons (Fsp3) is 0.455. The van der Waals surface area contributed by atoms with E-state index in [2.05, 4.69) is 26.0 Å². The highest BCUT2D eigenvalue weighted by Crippen LogP contribution is 2.26. The van der Waals surface area contributed by atoms with Crippen molar-refractivity contribution in [3.63, 3.8) is 0 Å². The SMILES string of the molecule is CNCc1ccc(OCOCC(F)(F)F)c(Br)c1. The highest BCUT2D eigenvalue weighted by Gasteiger charge is 2.27. The Morgan fingerprint density at radius 1 is 1.33 bits per heavy atom. The second kappa shape index (κ2) is 6.96. The molecule has 0 aromatic heterocycles. The molecule has 0 saturated heterocycles. The zero-order valence-corrected chi connectivity index (χ0v) is 11.3. The summed E-state index contributed by atoms with van der Waals surface area (Å²) in [5.74, 6) is 0.442. The van der Waals surface area contributed by atoms with Crippen LogP contribution in [0.4, 0.5) is 13.2 Å². The van der Waals surface area contributed by atoms with Gasteiger partial charge in [0.05, 0.1) is 4.47 Å². The van der Waals surface area contributed by atoms with Gasteiger partial charge >= 0.3 is 6.18 Å². The van der Waals surface area contributed by atoms with Crippen LogP contribution in [-0.2, 0) is 11.3 Å². The summed E-state index contributed by atoms with van der Waals surface area (Å²) in [6.45, 7) is -1.06. The van der Waals surface area contributed by atoms with Gasteiger partial charge < -0.3 is 14.8 Å². The van der Waals surface area contributed by atoms with Crippen LogP contribution in [0.5, 0.6) is 5.75 Å². The van der Waals surface area contributed by atoms with Crippen LogP contribution in [0.3, 0.4) is 0 Å². The lowest BCUT2D eigenvalue weighted by Crippen LogP contribution is -2.19. The number of halogens is 4. The molecule has 1 aromatic carbocycles. The molecular formula is C11H13BrF3NO2. The summed E-state index contributed by atoms with van der Waals surface area (Å²) in [6.07, 6.45) is -4.34. The van der Waals surface area contributed by atoms with Crippen LogP contribution in [0, 0.1) is 0 Å². The second-order valence-electron chi connectivity index (χ2n) is 3.52. The number of nitrogens with one attached hydrogen (secondary N) is 1. The van der Waals surface area contributed by atoms with Crippen LogP contribution in [0.25, 0.3) is 0 Å². The topological polar surface area (TPSA) is 30.5 Å². The van der Waals surface area contributed by atoms with Gasteiger partial charge in [0.15, 0.2) is 6.79 Å². The van der Waals surface area contributed by atoms with Crippen molar-refractivity contribution in [2.45, 2.75) is 12.7 Å². The van der Waals surface area contributed by atoms with Crippen molar-refractivity contribution in [1.82, 2.24) is 5.32 Å². The fourth-order valence-electron chi connectivity index (χ4n) is 1.24. The quantitative estimate of drug-likeness (QED) is 0.643. The maximum atomic E-state index is 11.8. The average molecular weight is 328 g/mol. The normalized spacial score (nSPS) is 11.6. The third kappa shape index (κ3) is 5.70. The van der Waals surface area contributed by atoms with Crippen molar-refractivity contribution in [3.8, 4) is 5.75 Å². The molecule has 1 N–H and O–H groups in total. The molecule has 0 saturated carbocycles. The molecule has 0 fully saturated rings. The van der Waals surface area contributed by atoms with Crippen molar-refractivity contribution >= 4 is 15.9 Å². The smallest absolute Gasteiger partial charge is 0.411 e. The Hall–Kier alpha value is -0.790. The van der Waals surface area contributed by atoms with E-state index >= 15 is 0 Å². The van der Waals surface area contributed by atoms with E-state index < -0.39 is 19.6 Å². The molecule has 1 rings (SSSR count). The van der Waals surface area contributed by atoms with Crippen LogP contribution in [0.2, 0.25) is 0 Å². The first kappa shape index (κ1) is 15.3. The van der Waals surface area contributed by atoms with Crippen molar-refractivity contribution in [3.05, 3.63) is 28.2 Å². The molecule has 0 aliphatic rings. The Morgan fingerprint density at radius 2 is 2.06 bits per heavy atom. The molecule has 0 unspecified atom stereocenters. The molecule has 0 amide bonds. The summed E-state index contributed by atoms with van der Waals surface area (Å²) in [6, 6.07) is 5.32. The number of benzene rings is 1. The van der Waals surface area contributed by atoms with Gasteiger partial charge in [-0.2, -0.15) is 13.2 Å². The number of alkyl halides is 3. The highest BCUT2D eigenvalue weighted by atomic mass is 79.9. The summed E-state index contributed by atoms with van der Waals surface area (Å²) in [4.78, 5) is 0. The zero-order valence-electron chi connectivity index (χ0n) is 9.68. The molecule has 0 bridgehead atoms. The first-order valence-corrected chi connectivity index (χ1v) is 5.92. The van der Waals surface area contributed by atoms with E-state index in [0.29, 0.717) is 16.8 Å². The molecule has 0 aliphatic carbocycles. The summed E-state index contributed by atoms with van der Waals surface area (Å²) >= 11 is 3.28. The molecule has 3 nitrogen and oxygen atoms in total. The van der Waals surface area contributed by atoms with E-state index in [-0.39, 0.29) is 0 Å². The van der Waals surface area contributed by atoms with Gasteiger partial charge in [0.25, 0.3) is 0 Å². The Labute approximate surface area is 111 Å². The fourth-order valence-corrected chi connectivity index (χ4v) is 1.78. The molecular weight excluding hydrogens is 315 g/mol. The Balaban J connectivity index is 2.43. The Bertz CT molecular complexity index is 385. The van der Waals surface area contributed by atoms with Crippen LogP contribution in [-0.4, -0.2) is 26.6 Å². The van der Waals surface area contributed by atoms with E-state index in [9.17, 15) is 13.2 Å². The third-order valence-corrected chi connectivity index (χ3v) is 2.56. The predicted molar refractivity (Wildman–Crippen MR) is 64.4 cm³/mol. The monoisotopic (exact) mass is 327 g/mol. The van der Waals surface area contributed by atoms with Gasteiger partial charge in [-0.05, 0) is 40.7 Å². The highest BCUT2D eigenvalue weighted by molar-refractivity contribution is 9.10. The first-order chi connectivity index (χ1) is 8.42. The lowest BCUT2D eigenvalue weighted by atomic mass is 10.2. The maximum absolute atomic E-state index is 11.8. The van der Waals surface area contributed by atoms with Crippen LogP contribution in [0.1, 0.15) is 5.56 Å².